The summed E-state index contributed by atoms with van der Waals surface area (Å²) in [5, 5.41) is 1.31. The monoisotopic (exact) mass is 322 g/mol. The van der Waals surface area contributed by atoms with Gasteiger partial charge in [-0.2, -0.15) is 0 Å². The summed E-state index contributed by atoms with van der Waals surface area (Å²) in [4.78, 5) is 18.9. The molecule has 1 aromatic carbocycles. The van der Waals surface area contributed by atoms with Crippen LogP contribution < -0.4 is 0 Å². The van der Waals surface area contributed by atoms with Crippen molar-refractivity contribution in [3.05, 3.63) is 47.2 Å². The number of fused-ring (bicyclic) bond motifs is 6. The molecule has 3 aliphatic rings. The predicted molar refractivity (Wildman–Crippen MR) is 92.7 cm³/mol. The molecule has 2 aromatic rings. The molecule has 4 nitrogen and oxygen atoms in total. The first kappa shape index (κ1) is 14.3. The minimum absolute atomic E-state index is 0.142. The number of carbonyl (C=O) groups is 1. The van der Waals surface area contributed by atoms with E-state index < -0.39 is 5.60 Å². The van der Waals surface area contributed by atoms with Crippen molar-refractivity contribution in [3.63, 3.8) is 0 Å². The number of hydrogen-bond donors (Lipinski definition) is 1. The lowest BCUT2D eigenvalue weighted by Crippen LogP contribution is -2.58. The van der Waals surface area contributed by atoms with Crippen LogP contribution in [0.1, 0.15) is 37.6 Å². The number of piperidine rings is 1. The van der Waals surface area contributed by atoms with Crippen molar-refractivity contribution in [2.75, 3.05) is 13.2 Å². The summed E-state index contributed by atoms with van der Waals surface area (Å²) in [7, 11) is 0. The van der Waals surface area contributed by atoms with Crippen LogP contribution in [0.15, 0.2) is 35.9 Å². The highest BCUT2D eigenvalue weighted by molar-refractivity contribution is 5.90. The van der Waals surface area contributed by atoms with Crippen LogP contribution in [0.3, 0.4) is 0 Å². The minimum atomic E-state index is -0.679. The molecule has 3 unspecified atom stereocenters. The lowest BCUT2D eigenvalue weighted by molar-refractivity contribution is -0.165. The van der Waals surface area contributed by atoms with Crippen LogP contribution in [0.25, 0.3) is 10.9 Å². The fraction of sp³-hybridized carbons (Fsp3) is 0.450. The summed E-state index contributed by atoms with van der Waals surface area (Å²) in [6.07, 6.45) is 3.99. The standard InChI is InChI=1S/C20H22N2O2/c1-3-12-11-24-20(2)15(12)10-17-18-14(8-9-22(17)19(20)23)13-6-4-5-7-16(13)21-18/h3-7,15,17,21H,8-11H2,1-2H3. The molecule has 1 aromatic heterocycles. The Kier molecular flexibility index (Phi) is 2.82. The van der Waals surface area contributed by atoms with E-state index in [1.807, 2.05) is 11.8 Å². The van der Waals surface area contributed by atoms with Crippen LogP contribution in [0.4, 0.5) is 0 Å². The molecule has 5 rings (SSSR count). The maximum absolute atomic E-state index is 13.2. The molecular weight excluding hydrogens is 300 g/mol. The summed E-state index contributed by atoms with van der Waals surface area (Å²) in [5.41, 5.74) is 4.40. The largest absolute Gasteiger partial charge is 0.360 e. The molecule has 2 saturated heterocycles. The van der Waals surface area contributed by atoms with E-state index in [1.54, 1.807) is 0 Å². The number of allylic oxidation sites excluding steroid dienone is 1. The van der Waals surface area contributed by atoms with Gasteiger partial charge in [0, 0.05) is 29.1 Å². The van der Waals surface area contributed by atoms with Crippen LogP contribution in [0.5, 0.6) is 0 Å². The molecule has 0 spiro atoms. The number of rotatable bonds is 0. The molecule has 1 N–H and O–H groups in total. The van der Waals surface area contributed by atoms with Crippen molar-refractivity contribution in [2.45, 2.75) is 38.3 Å². The van der Waals surface area contributed by atoms with Crippen molar-refractivity contribution >= 4 is 16.8 Å². The molecule has 4 heteroatoms. The number of carbonyl (C=O) groups excluding carboxylic acids is 1. The van der Waals surface area contributed by atoms with E-state index >= 15 is 0 Å². The Bertz CT molecular complexity index is 881. The first-order valence-corrected chi connectivity index (χ1v) is 8.83. The van der Waals surface area contributed by atoms with Gasteiger partial charge in [0.25, 0.3) is 5.91 Å². The average Bonchev–Trinajstić information content (AvgIpc) is 3.14. The summed E-state index contributed by atoms with van der Waals surface area (Å²) in [6, 6.07) is 8.61. The maximum atomic E-state index is 13.2. The number of benzene rings is 1. The number of nitrogens with one attached hydrogen (secondary N) is 1. The van der Waals surface area contributed by atoms with Gasteiger partial charge in [0.1, 0.15) is 0 Å². The third-order valence-electron chi connectivity index (χ3n) is 6.33. The lowest BCUT2D eigenvalue weighted by Gasteiger charge is -2.47. The minimum Gasteiger partial charge on any atom is -0.360 e. The van der Waals surface area contributed by atoms with Crippen LogP contribution in [-0.2, 0) is 16.0 Å². The number of amides is 1. The van der Waals surface area contributed by atoms with Gasteiger partial charge in [-0.3, -0.25) is 4.79 Å². The number of H-pyrrole nitrogens is 1. The van der Waals surface area contributed by atoms with Crippen LogP contribution in [-0.4, -0.2) is 34.5 Å². The highest BCUT2D eigenvalue weighted by atomic mass is 16.5. The Morgan fingerprint density at radius 1 is 1.38 bits per heavy atom. The smallest absolute Gasteiger partial charge is 0.255 e. The number of aromatic amines is 1. The van der Waals surface area contributed by atoms with E-state index in [1.165, 1.54) is 27.7 Å². The zero-order chi connectivity index (χ0) is 16.5. The number of nitrogens with zero attached hydrogens (tertiary/aromatic N) is 1. The molecule has 3 aliphatic heterocycles. The molecule has 0 bridgehead atoms. The zero-order valence-corrected chi connectivity index (χ0v) is 14.1. The molecule has 2 fully saturated rings. The van der Waals surface area contributed by atoms with E-state index in [0.717, 1.165) is 19.4 Å². The second kappa shape index (κ2) is 4.73. The molecule has 124 valence electrons. The molecule has 24 heavy (non-hydrogen) atoms. The third-order valence-corrected chi connectivity index (χ3v) is 6.33. The summed E-state index contributed by atoms with van der Waals surface area (Å²) < 4.78 is 5.99. The van der Waals surface area contributed by atoms with Gasteiger partial charge in [0.15, 0.2) is 5.60 Å². The van der Waals surface area contributed by atoms with Gasteiger partial charge in [-0.05, 0) is 43.9 Å². The van der Waals surface area contributed by atoms with Crippen molar-refractivity contribution < 1.29 is 9.53 Å². The van der Waals surface area contributed by atoms with Crippen LogP contribution in [0, 0.1) is 5.92 Å². The van der Waals surface area contributed by atoms with Crippen molar-refractivity contribution in [2.24, 2.45) is 5.92 Å². The van der Waals surface area contributed by atoms with Gasteiger partial charge in [-0.1, -0.05) is 24.3 Å². The number of ether oxygens (including phenoxy) is 1. The Labute approximate surface area is 141 Å². The number of para-hydroxylation sites is 1. The van der Waals surface area contributed by atoms with Crippen molar-refractivity contribution in [1.82, 2.24) is 9.88 Å². The van der Waals surface area contributed by atoms with E-state index in [4.69, 9.17) is 4.74 Å². The molecular formula is C20H22N2O2. The van der Waals surface area contributed by atoms with E-state index in [-0.39, 0.29) is 17.9 Å². The number of hydrogen-bond acceptors (Lipinski definition) is 2. The molecule has 0 aliphatic carbocycles. The first-order chi connectivity index (χ1) is 11.6. The van der Waals surface area contributed by atoms with Crippen LogP contribution >= 0.6 is 0 Å². The van der Waals surface area contributed by atoms with Gasteiger partial charge in [-0.25, -0.2) is 0 Å². The fourth-order valence-electron chi connectivity index (χ4n) is 4.97. The van der Waals surface area contributed by atoms with Crippen LogP contribution in [0.2, 0.25) is 0 Å². The first-order valence-electron chi connectivity index (χ1n) is 8.83. The quantitative estimate of drug-likeness (QED) is 0.756. The molecule has 0 radical (unpaired) electrons. The normalized spacial score (nSPS) is 33.7. The SMILES string of the molecule is CC=C1COC2(C)C(=O)N3CCc4c([nH]c5ccccc45)C3CC12. The third kappa shape index (κ3) is 1.64. The van der Waals surface area contributed by atoms with Gasteiger partial charge < -0.3 is 14.6 Å². The Hall–Kier alpha value is -2.07. The summed E-state index contributed by atoms with van der Waals surface area (Å²) >= 11 is 0. The topological polar surface area (TPSA) is 45.3 Å². The molecule has 4 heterocycles. The van der Waals surface area contributed by atoms with Crippen molar-refractivity contribution in [1.29, 1.82) is 0 Å². The second-order valence-corrected chi connectivity index (χ2v) is 7.37. The van der Waals surface area contributed by atoms with Gasteiger partial charge in [-0.15, -0.1) is 0 Å². The predicted octanol–water partition coefficient (Wildman–Crippen LogP) is 3.35. The molecule has 1 amide bonds. The summed E-state index contributed by atoms with van der Waals surface area (Å²) in [6.45, 7) is 5.41. The average molecular weight is 322 g/mol. The van der Waals surface area contributed by atoms with Crippen molar-refractivity contribution in [3.8, 4) is 0 Å². The Morgan fingerprint density at radius 3 is 3.04 bits per heavy atom. The van der Waals surface area contributed by atoms with Gasteiger partial charge in [0.05, 0.1) is 12.6 Å². The fourth-order valence-corrected chi connectivity index (χ4v) is 4.97. The van der Waals surface area contributed by atoms with E-state index in [9.17, 15) is 4.79 Å². The maximum Gasteiger partial charge on any atom is 0.255 e. The Morgan fingerprint density at radius 2 is 2.21 bits per heavy atom. The lowest BCUT2D eigenvalue weighted by atomic mass is 9.74. The molecule has 0 saturated carbocycles. The highest BCUT2D eigenvalue weighted by Gasteiger charge is 2.57. The number of aromatic nitrogens is 1. The zero-order valence-electron chi connectivity index (χ0n) is 14.1. The second-order valence-electron chi connectivity index (χ2n) is 7.37. The highest BCUT2D eigenvalue weighted by Crippen LogP contribution is 2.50. The van der Waals surface area contributed by atoms with E-state index in [2.05, 4.69) is 42.2 Å². The summed E-state index contributed by atoms with van der Waals surface area (Å²) in [5.74, 6) is 0.346. The van der Waals surface area contributed by atoms with E-state index in [0.29, 0.717) is 6.61 Å². The van der Waals surface area contributed by atoms with Gasteiger partial charge >= 0.3 is 0 Å². The van der Waals surface area contributed by atoms with Gasteiger partial charge in [0.2, 0.25) is 0 Å². The molecule has 3 atom stereocenters. The Balaban J connectivity index is 1.65.